The standard InChI is InChI=1S/C16H25F3N2O3/c1-2-21(11-6-4-3-5-7-11)14(22)10-20-8-12(15(23)24)13(9-20)16(17,18)19/h11-13H,2-10H2,1H3,(H,23,24)/t12-,13-/m1/s1. The molecule has 1 saturated carbocycles. The monoisotopic (exact) mass is 350 g/mol. The van der Waals surface area contributed by atoms with E-state index in [0.29, 0.717) is 6.54 Å². The summed E-state index contributed by atoms with van der Waals surface area (Å²) in [5.74, 6) is -5.06. The smallest absolute Gasteiger partial charge is 0.393 e. The van der Waals surface area contributed by atoms with E-state index in [9.17, 15) is 22.8 Å². The first-order valence-electron chi connectivity index (χ1n) is 8.55. The molecular weight excluding hydrogens is 325 g/mol. The van der Waals surface area contributed by atoms with Gasteiger partial charge in [-0.15, -0.1) is 0 Å². The Balaban J connectivity index is 1.99. The maximum atomic E-state index is 13.0. The van der Waals surface area contributed by atoms with E-state index in [2.05, 4.69) is 0 Å². The molecule has 2 aliphatic rings. The molecule has 2 atom stereocenters. The van der Waals surface area contributed by atoms with Crippen LogP contribution in [-0.4, -0.2) is 65.2 Å². The van der Waals surface area contributed by atoms with Crippen molar-refractivity contribution in [1.82, 2.24) is 9.80 Å². The third kappa shape index (κ3) is 4.40. The number of carboxylic acids is 1. The van der Waals surface area contributed by atoms with Crippen LogP contribution in [0.3, 0.4) is 0 Å². The Hall–Kier alpha value is -1.31. The van der Waals surface area contributed by atoms with Crippen LogP contribution in [0.4, 0.5) is 13.2 Å². The number of carboxylic acid groups (broad SMARTS) is 1. The second-order valence-corrected chi connectivity index (χ2v) is 6.76. The van der Waals surface area contributed by atoms with Crippen molar-refractivity contribution in [3.8, 4) is 0 Å². The first-order valence-corrected chi connectivity index (χ1v) is 8.55. The molecule has 2 fully saturated rings. The number of likely N-dealkylation sites (tertiary alicyclic amines) is 1. The van der Waals surface area contributed by atoms with Gasteiger partial charge in [0.05, 0.1) is 18.4 Å². The molecule has 0 aromatic rings. The Bertz CT molecular complexity index is 464. The van der Waals surface area contributed by atoms with Crippen LogP contribution in [0.5, 0.6) is 0 Å². The van der Waals surface area contributed by atoms with Crippen LogP contribution >= 0.6 is 0 Å². The van der Waals surface area contributed by atoms with Gasteiger partial charge in [0.1, 0.15) is 0 Å². The minimum absolute atomic E-state index is 0.138. The first-order chi connectivity index (χ1) is 11.2. The Morgan fingerprint density at radius 2 is 1.79 bits per heavy atom. The van der Waals surface area contributed by atoms with Crippen LogP contribution in [0.1, 0.15) is 39.0 Å². The summed E-state index contributed by atoms with van der Waals surface area (Å²) >= 11 is 0. The lowest BCUT2D eigenvalue weighted by atomic mass is 9.94. The third-order valence-corrected chi connectivity index (χ3v) is 5.17. The Morgan fingerprint density at radius 3 is 2.25 bits per heavy atom. The fraction of sp³-hybridized carbons (Fsp3) is 0.875. The van der Waals surface area contributed by atoms with Gasteiger partial charge in [-0.05, 0) is 19.8 Å². The summed E-state index contributed by atoms with van der Waals surface area (Å²) in [5, 5.41) is 9.04. The lowest BCUT2D eigenvalue weighted by Crippen LogP contribution is -2.46. The highest BCUT2D eigenvalue weighted by atomic mass is 19.4. The highest BCUT2D eigenvalue weighted by molar-refractivity contribution is 5.79. The van der Waals surface area contributed by atoms with Gasteiger partial charge in [-0.25, -0.2) is 0 Å². The van der Waals surface area contributed by atoms with Crippen molar-refractivity contribution in [2.45, 2.75) is 51.2 Å². The van der Waals surface area contributed by atoms with Crippen molar-refractivity contribution < 1.29 is 27.9 Å². The number of halogens is 3. The van der Waals surface area contributed by atoms with Gasteiger partial charge in [-0.1, -0.05) is 19.3 Å². The quantitative estimate of drug-likeness (QED) is 0.827. The van der Waals surface area contributed by atoms with Gasteiger partial charge in [0.15, 0.2) is 0 Å². The summed E-state index contributed by atoms with van der Waals surface area (Å²) in [4.78, 5) is 26.7. The van der Waals surface area contributed by atoms with E-state index in [1.807, 2.05) is 6.92 Å². The summed E-state index contributed by atoms with van der Waals surface area (Å²) in [6.07, 6.45) is 0.590. The predicted molar refractivity (Wildman–Crippen MR) is 81.4 cm³/mol. The summed E-state index contributed by atoms with van der Waals surface area (Å²) in [7, 11) is 0. The van der Waals surface area contributed by atoms with Gasteiger partial charge in [0.25, 0.3) is 0 Å². The largest absolute Gasteiger partial charge is 0.481 e. The number of rotatable bonds is 5. The maximum absolute atomic E-state index is 13.0. The molecule has 0 radical (unpaired) electrons. The van der Waals surface area contributed by atoms with E-state index >= 15 is 0 Å². The van der Waals surface area contributed by atoms with E-state index in [1.165, 1.54) is 4.90 Å². The van der Waals surface area contributed by atoms with E-state index in [4.69, 9.17) is 5.11 Å². The number of likely N-dealkylation sites (N-methyl/N-ethyl adjacent to an activating group) is 1. The van der Waals surface area contributed by atoms with Crippen molar-refractivity contribution in [2.75, 3.05) is 26.2 Å². The number of hydrogen-bond acceptors (Lipinski definition) is 3. The lowest BCUT2D eigenvalue weighted by Gasteiger charge is -2.34. The molecule has 0 unspecified atom stereocenters. The number of nitrogens with zero attached hydrogens (tertiary/aromatic N) is 2. The van der Waals surface area contributed by atoms with Crippen LogP contribution in [-0.2, 0) is 9.59 Å². The molecule has 1 amide bonds. The zero-order valence-corrected chi connectivity index (χ0v) is 13.9. The molecule has 8 heteroatoms. The van der Waals surface area contributed by atoms with Crippen LogP contribution in [0, 0.1) is 11.8 Å². The normalized spacial score (nSPS) is 26.5. The zero-order valence-electron chi connectivity index (χ0n) is 13.9. The van der Waals surface area contributed by atoms with Crippen LogP contribution < -0.4 is 0 Å². The fourth-order valence-corrected chi connectivity index (χ4v) is 3.91. The highest BCUT2D eigenvalue weighted by Crippen LogP contribution is 2.37. The molecule has 1 aliphatic carbocycles. The second-order valence-electron chi connectivity index (χ2n) is 6.76. The van der Waals surface area contributed by atoms with Gasteiger partial charge >= 0.3 is 12.1 Å². The van der Waals surface area contributed by atoms with Crippen molar-refractivity contribution in [2.24, 2.45) is 11.8 Å². The minimum Gasteiger partial charge on any atom is -0.481 e. The van der Waals surface area contributed by atoms with Crippen molar-refractivity contribution >= 4 is 11.9 Å². The van der Waals surface area contributed by atoms with E-state index in [1.54, 1.807) is 4.90 Å². The number of carbonyl (C=O) groups excluding carboxylic acids is 1. The van der Waals surface area contributed by atoms with Crippen molar-refractivity contribution in [3.05, 3.63) is 0 Å². The third-order valence-electron chi connectivity index (χ3n) is 5.17. The molecule has 1 aliphatic heterocycles. The minimum atomic E-state index is -4.56. The van der Waals surface area contributed by atoms with Crippen LogP contribution in [0.2, 0.25) is 0 Å². The molecule has 5 nitrogen and oxygen atoms in total. The van der Waals surface area contributed by atoms with E-state index < -0.39 is 30.5 Å². The molecule has 1 saturated heterocycles. The van der Waals surface area contributed by atoms with Crippen molar-refractivity contribution in [1.29, 1.82) is 0 Å². The average Bonchev–Trinajstić information content (AvgIpc) is 2.93. The molecule has 1 N–H and O–H groups in total. The van der Waals surface area contributed by atoms with Gasteiger partial charge in [-0.3, -0.25) is 14.5 Å². The number of carbonyl (C=O) groups is 2. The summed E-state index contributed by atoms with van der Waals surface area (Å²) in [6, 6.07) is 0.160. The Labute approximate surface area is 139 Å². The van der Waals surface area contributed by atoms with Crippen molar-refractivity contribution in [3.63, 3.8) is 0 Å². The maximum Gasteiger partial charge on any atom is 0.393 e. The molecular formula is C16H25F3N2O3. The summed E-state index contributed by atoms with van der Waals surface area (Å²) in [5.41, 5.74) is 0. The SMILES string of the molecule is CCN(C(=O)CN1C[C@@H](C(F)(F)F)[C@H](C(=O)O)C1)C1CCCCC1. The summed E-state index contributed by atoms with van der Waals surface area (Å²) < 4.78 is 39.0. The average molecular weight is 350 g/mol. The van der Waals surface area contributed by atoms with Gasteiger partial charge in [-0.2, -0.15) is 13.2 Å². The molecule has 24 heavy (non-hydrogen) atoms. The van der Waals surface area contributed by atoms with Gasteiger partial charge in [0.2, 0.25) is 5.91 Å². The second kappa shape index (κ2) is 7.72. The van der Waals surface area contributed by atoms with Gasteiger partial charge in [0, 0.05) is 25.7 Å². The first kappa shape index (κ1) is 19.0. The van der Waals surface area contributed by atoms with E-state index in [0.717, 1.165) is 32.1 Å². The lowest BCUT2D eigenvalue weighted by molar-refractivity contribution is -0.188. The number of hydrogen-bond donors (Lipinski definition) is 1. The molecule has 2 rings (SSSR count). The number of aliphatic carboxylic acids is 1. The number of alkyl halides is 3. The van der Waals surface area contributed by atoms with E-state index in [-0.39, 0.29) is 25.0 Å². The van der Waals surface area contributed by atoms with Crippen LogP contribution in [0.15, 0.2) is 0 Å². The zero-order chi connectivity index (χ0) is 17.9. The number of amides is 1. The molecule has 0 aromatic carbocycles. The molecule has 1 heterocycles. The molecule has 138 valence electrons. The highest BCUT2D eigenvalue weighted by Gasteiger charge is 2.52. The molecule has 0 spiro atoms. The fourth-order valence-electron chi connectivity index (χ4n) is 3.91. The Morgan fingerprint density at radius 1 is 1.17 bits per heavy atom. The van der Waals surface area contributed by atoms with Crippen LogP contribution in [0.25, 0.3) is 0 Å². The topological polar surface area (TPSA) is 60.9 Å². The molecule has 0 bridgehead atoms. The Kier molecular flexibility index (Phi) is 6.11. The summed E-state index contributed by atoms with van der Waals surface area (Å²) in [6.45, 7) is 1.61. The predicted octanol–water partition coefficient (Wildman–Crippen LogP) is 2.36. The molecule has 0 aromatic heterocycles. The van der Waals surface area contributed by atoms with Gasteiger partial charge < -0.3 is 10.0 Å².